The average molecular weight is 103 g/mol. The Balaban J connectivity index is 3.34. The first kappa shape index (κ1) is 6.43. The third-order valence-corrected chi connectivity index (χ3v) is 0.895. The highest BCUT2D eigenvalue weighted by Crippen LogP contribution is 1.77. The van der Waals surface area contributed by atoms with Crippen molar-refractivity contribution < 1.29 is 10.5 Å². The molecule has 0 rings (SSSR count). The van der Waals surface area contributed by atoms with E-state index in [0.29, 0.717) is 0 Å². The van der Waals surface area contributed by atoms with Crippen molar-refractivity contribution in [3.8, 4) is 0 Å². The quantitative estimate of drug-likeness (QED) is 0.438. The van der Waals surface area contributed by atoms with Gasteiger partial charge in [-0.25, -0.2) is 0 Å². The lowest BCUT2D eigenvalue weighted by molar-refractivity contribution is -0.403. The molecule has 0 spiro atoms. The van der Waals surface area contributed by atoms with E-state index in [1.807, 2.05) is 6.92 Å². The molecule has 0 aliphatic heterocycles. The first-order valence-corrected chi connectivity index (χ1v) is 2.31. The fraction of sp³-hybridized carbons (Fsp3) is 0.750. The number of hydrogen-bond donors (Lipinski definition) is 2. The lowest BCUT2D eigenvalue weighted by Gasteiger charge is -1.94. The summed E-state index contributed by atoms with van der Waals surface area (Å²) < 4.78 is 0. The number of amides is 1. The van der Waals surface area contributed by atoms with Gasteiger partial charge in [0.05, 0.1) is 0 Å². The van der Waals surface area contributed by atoms with E-state index in [4.69, 9.17) is 5.73 Å². The maximum atomic E-state index is 10.1. The molecule has 42 valence electrons. The Kier molecular flexibility index (Phi) is 2.37. The molecular weight excluding hydrogens is 92.1 g/mol. The summed E-state index contributed by atoms with van der Waals surface area (Å²) in [5, 5.41) is 0. The predicted octanol–water partition coefficient (Wildman–Crippen LogP) is -1.51. The van der Waals surface area contributed by atoms with Crippen LogP contribution in [0.1, 0.15) is 13.3 Å². The standard InChI is InChI=1S/C4H10N2O/c1-2-3(5)4(6)7/h3H,2,5H2,1H3,(H2,6,7)/p+1/t3-/m1/s1. The Hall–Kier alpha value is -0.570. The van der Waals surface area contributed by atoms with Crippen molar-refractivity contribution in [2.24, 2.45) is 5.73 Å². The molecule has 0 fully saturated rings. The fourth-order valence-corrected chi connectivity index (χ4v) is 0.201. The van der Waals surface area contributed by atoms with Gasteiger partial charge in [-0.15, -0.1) is 0 Å². The van der Waals surface area contributed by atoms with Gasteiger partial charge in [-0.05, 0) is 0 Å². The van der Waals surface area contributed by atoms with Crippen molar-refractivity contribution in [3.05, 3.63) is 0 Å². The zero-order chi connectivity index (χ0) is 5.86. The molecule has 0 bridgehead atoms. The molecule has 0 aromatic rings. The first-order chi connectivity index (χ1) is 3.18. The van der Waals surface area contributed by atoms with E-state index in [-0.39, 0.29) is 11.9 Å². The van der Waals surface area contributed by atoms with Gasteiger partial charge < -0.3 is 11.5 Å². The molecule has 0 aromatic carbocycles. The SMILES string of the molecule is CC[C@@H]([NH3+])C(N)=O. The van der Waals surface area contributed by atoms with Crippen LogP contribution in [0.15, 0.2) is 0 Å². The van der Waals surface area contributed by atoms with Gasteiger partial charge in [0, 0.05) is 6.42 Å². The second kappa shape index (κ2) is 2.58. The molecule has 7 heavy (non-hydrogen) atoms. The van der Waals surface area contributed by atoms with Gasteiger partial charge in [-0.3, -0.25) is 4.79 Å². The van der Waals surface area contributed by atoms with Crippen molar-refractivity contribution in [1.29, 1.82) is 0 Å². The van der Waals surface area contributed by atoms with E-state index >= 15 is 0 Å². The molecular formula is C4H11N2O+. The number of nitrogens with two attached hydrogens (primary N) is 1. The second-order valence-corrected chi connectivity index (χ2v) is 1.51. The lowest BCUT2D eigenvalue weighted by atomic mass is 10.2. The van der Waals surface area contributed by atoms with Gasteiger partial charge >= 0.3 is 0 Å². The minimum Gasteiger partial charge on any atom is -0.365 e. The van der Waals surface area contributed by atoms with Gasteiger partial charge in [0.2, 0.25) is 0 Å². The summed E-state index contributed by atoms with van der Waals surface area (Å²) >= 11 is 0. The highest BCUT2D eigenvalue weighted by molar-refractivity contribution is 5.77. The van der Waals surface area contributed by atoms with Gasteiger partial charge in [-0.2, -0.15) is 0 Å². The summed E-state index contributed by atoms with van der Waals surface area (Å²) in [4.78, 5) is 10.1. The van der Waals surface area contributed by atoms with Gasteiger partial charge in [0.15, 0.2) is 6.04 Å². The summed E-state index contributed by atoms with van der Waals surface area (Å²) in [7, 11) is 0. The molecule has 1 amide bonds. The Bertz CT molecular complexity index is 72.1. The van der Waals surface area contributed by atoms with Crippen molar-refractivity contribution in [1.82, 2.24) is 0 Å². The number of rotatable bonds is 2. The molecule has 0 heterocycles. The normalized spacial score (nSPS) is 13.4. The molecule has 0 aromatic heterocycles. The number of quaternary nitrogens is 1. The summed E-state index contributed by atoms with van der Waals surface area (Å²) in [6.45, 7) is 1.88. The molecule has 0 saturated carbocycles. The maximum Gasteiger partial charge on any atom is 0.275 e. The summed E-state index contributed by atoms with van der Waals surface area (Å²) in [6, 6.07) is -0.208. The maximum absolute atomic E-state index is 10.1. The molecule has 0 unspecified atom stereocenters. The number of primary amides is 1. The Morgan fingerprint density at radius 3 is 2.43 bits per heavy atom. The van der Waals surface area contributed by atoms with Gasteiger partial charge in [0.1, 0.15) is 0 Å². The Morgan fingerprint density at radius 1 is 2.00 bits per heavy atom. The molecule has 0 aliphatic rings. The molecule has 3 heteroatoms. The van der Waals surface area contributed by atoms with Crippen LogP contribution in [0.2, 0.25) is 0 Å². The Morgan fingerprint density at radius 2 is 2.43 bits per heavy atom. The van der Waals surface area contributed by atoms with Crippen LogP contribution in [-0.4, -0.2) is 11.9 Å². The van der Waals surface area contributed by atoms with Crippen LogP contribution in [0.25, 0.3) is 0 Å². The number of hydrogen-bond acceptors (Lipinski definition) is 1. The smallest absolute Gasteiger partial charge is 0.275 e. The van der Waals surface area contributed by atoms with Crippen LogP contribution in [0.5, 0.6) is 0 Å². The lowest BCUT2D eigenvalue weighted by Crippen LogP contribution is -2.66. The van der Waals surface area contributed by atoms with Gasteiger partial charge in [-0.1, -0.05) is 6.92 Å². The van der Waals surface area contributed by atoms with Crippen LogP contribution in [0, 0.1) is 0 Å². The van der Waals surface area contributed by atoms with Crippen LogP contribution < -0.4 is 11.5 Å². The van der Waals surface area contributed by atoms with Crippen molar-refractivity contribution in [2.45, 2.75) is 19.4 Å². The zero-order valence-corrected chi connectivity index (χ0v) is 4.48. The summed E-state index contributed by atoms with van der Waals surface area (Å²) in [5.41, 5.74) is 8.33. The van der Waals surface area contributed by atoms with Crippen LogP contribution in [-0.2, 0) is 4.79 Å². The first-order valence-electron chi connectivity index (χ1n) is 2.31. The topological polar surface area (TPSA) is 70.7 Å². The summed E-state index contributed by atoms with van der Waals surface area (Å²) in [6.07, 6.45) is 0.731. The highest BCUT2D eigenvalue weighted by atomic mass is 16.1. The fourth-order valence-electron chi connectivity index (χ4n) is 0.201. The molecule has 0 aliphatic carbocycles. The van der Waals surface area contributed by atoms with E-state index in [1.165, 1.54) is 0 Å². The molecule has 5 N–H and O–H groups in total. The number of carbonyl (C=O) groups excluding carboxylic acids is 1. The van der Waals surface area contributed by atoms with Crippen molar-refractivity contribution >= 4 is 5.91 Å². The molecule has 0 radical (unpaired) electrons. The predicted molar refractivity (Wildman–Crippen MR) is 26.2 cm³/mol. The summed E-state index contributed by atoms with van der Waals surface area (Å²) in [5.74, 6) is -0.317. The zero-order valence-electron chi connectivity index (χ0n) is 4.48. The molecule has 1 atom stereocenters. The third-order valence-electron chi connectivity index (χ3n) is 0.895. The molecule has 0 saturated heterocycles. The van der Waals surface area contributed by atoms with E-state index < -0.39 is 0 Å². The van der Waals surface area contributed by atoms with Crippen molar-refractivity contribution in [3.63, 3.8) is 0 Å². The van der Waals surface area contributed by atoms with Crippen LogP contribution >= 0.6 is 0 Å². The minimum atomic E-state index is -0.317. The van der Waals surface area contributed by atoms with E-state index in [9.17, 15) is 4.79 Å². The largest absolute Gasteiger partial charge is 0.365 e. The van der Waals surface area contributed by atoms with Crippen molar-refractivity contribution in [2.75, 3.05) is 0 Å². The van der Waals surface area contributed by atoms with E-state index in [1.54, 1.807) is 0 Å². The monoisotopic (exact) mass is 103 g/mol. The van der Waals surface area contributed by atoms with Gasteiger partial charge in [0.25, 0.3) is 5.91 Å². The molecule has 3 nitrogen and oxygen atoms in total. The van der Waals surface area contributed by atoms with E-state index in [2.05, 4.69) is 5.73 Å². The third kappa shape index (κ3) is 2.17. The van der Waals surface area contributed by atoms with Crippen LogP contribution in [0.3, 0.4) is 0 Å². The van der Waals surface area contributed by atoms with Crippen LogP contribution in [0.4, 0.5) is 0 Å². The van der Waals surface area contributed by atoms with E-state index in [0.717, 1.165) is 6.42 Å². The minimum absolute atomic E-state index is 0.208. The Labute approximate surface area is 42.7 Å². The average Bonchev–Trinajstić information content (AvgIpc) is 1.65. The number of carbonyl (C=O) groups is 1. The second-order valence-electron chi connectivity index (χ2n) is 1.51. The highest BCUT2D eigenvalue weighted by Gasteiger charge is 2.07.